The van der Waals surface area contributed by atoms with Gasteiger partial charge in [-0.3, -0.25) is 4.99 Å². The molecule has 26 heavy (non-hydrogen) atoms. The molecule has 0 heterocycles. The topological polar surface area (TPSA) is 64.1 Å². The number of hydrogen-bond acceptors (Lipinski definition) is 4. The minimum absolute atomic E-state index is 0.0922. The highest BCUT2D eigenvalue weighted by Gasteiger charge is 2.12. The molecule has 1 unspecified atom stereocenters. The van der Waals surface area contributed by atoms with Crippen LogP contribution in [0, 0.1) is 0 Å². The maximum absolute atomic E-state index is 5.72. The molecule has 0 spiro atoms. The number of aliphatic imine (C=N–C) groups is 1. The highest BCUT2D eigenvalue weighted by Crippen LogP contribution is 2.30. The van der Waals surface area contributed by atoms with Crippen LogP contribution in [-0.2, 0) is 4.74 Å². The fourth-order valence-electron chi connectivity index (χ4n) is 2.45. The molecule has 0 saturated heterocycles. The van der Waals surface area contributed by atoms with E-state index < -0.39 is 0 Å². The van der Waals surface area contributed by atoms with E-state index in [9.17, 15) is 0 Å². The Morgan fingerprint density at radius 2 is 1.77 bits per heavy atom. The summed E-state index contributed by atoms with van der Waals surface area (Å²) in [6.45, 7) is 14.4. The lowest BCUT2D eigenvalue weighted by molar-refractivity contribution is 0.146. The van der Waals surface area contributed by atoms with Gasteiger partial charge in [0, 0.05) is 26.3 Å². The van der Waals surface area contributed by atoms with E-state index in [1.54, 1.807) is 0 Å². The number of rotatable bonds is 12. The maximum Gasteiger partial charge on any atom is 0.191 e. The van der Waals surface area contributed by atoms with E-state index in [0.29, 0.717) is 13.2 Å². The minimum atomic E-state index is 0.0922. The van der Waals surface area contributed by atoms with Gasteiger partial charge in [0.05, 0.1) is 19.3 Å². The monoisotopic (exact) mass is 365 g/mol. The Morgan fingerprint density at radius 3 is 2.42 bits per heavy atom. The highest BCUT2D eigenvalue weighted by atomic mass is 16.5. The SMILES string of the molecule is CCNC(=NCCCOCC)NC(C)c1ccc(OCC)c(OCC)c1. The summed E-state index contributed by atoms with van der Waals surface area (Å²) in [7, 11) is 0. The van der Waals surface area contributed by atoms with Gasteiger partial charge in [-0.25, -0.2) is 0 Å². The Hall–Kier alpha value is -1.95. The normalized spacial score (nSPS) is 12.6. The Balaban J connectivity index is 2.76. The first-order valence-corrected chi connectivity index (χ1v) is 9.68. The zero-order valence-electron chi connectivity index (χ0n) is 16.9. The standard InChI is InChI=1S/C20H35N3O3/c1-6-21-20(22-13-10-14-24-7-2)23-16(5)17-11-12-18(25-8-3)19(15-17)26-9-4/h11-12,15-16H,6-10,13-14H2,1-5H3,(H2,21,22,23). The van der Waals surface area contributed by atoms with Gasteiger partial charge in [0.25, 0.3) is 0 Å². The van der Waals surface area contributed by atoms with Gasteiger partial charge in [-0.05, 0) is 58.7 Å². The lowest BCUT2D eigenvalue weighted by Crippen LogP contribution is -2.38. The van der Waals surface area contributed by atoms with Crippen LogP contribution in [0.5, 0.6) is 11.5 Å². The van der Waals surface area contributed by atoms with Gasteiger partial charge < -0.3 is 24.8 Å². The number of nitrogens with one attached hydrogen (secondary N) is 2. The molecule has 0 aliphatic heterocycles. The molecule has 148 valence electrons. The van der Waals surface area contributed by atoms with Crippen LogP contribution in [0.2, 0.25) is 0 Å². The molecule has 0 fully saturated rings. The molecule has 0 aromatic heterocycles. The van der Waals surface area contributed by atoms with Crippen molar-refractivity contribution in [3.05, 3.63) is 23.8 Å². The molecule has 0 saturated carbocycles. The van der Waals surface area contributed by atoms with Crippen molar-refractivity contribution in [3.63, 3.8) is 0 Å². The van der Waals surface area contributed by atoms with Gasteiger partial charge in [0.1, 0.15) is 0 Å². The van der Waals surface area contributed by atoms with Gasteiger partial charge in [-0.1, -0.05) is 6.07 Å². The predicted molar refractivity (Wildman–Crippen MR) is 107 cm³/mol. The number of guanidine groups is 1. The zero-order valence-corrected chi connectivity index (χ0v) is 16.9. The van der Waals surface area contributed by atoms with Crippen molar-refractivity contribution < 1.29 is 14.2 Å². The molecule has 0 bridgehead atoms. The Bertz CT molecular complexity index is 535. The molecule has 0 amide bonds. The van der Waals surface area contributed by atoms with E-state index in [0.717, 1.165) is 55.7 Å². The summed E-state index contributed by atoms with van der Waals surface area (Å²) >= 11 is 0. The largest absolute Gasteiger partial charge is 0.490 e. The number of ether oxygens (including phenoxy) is 3. The average Bonchev–Trinajstić information content (AvgIpc) is 2.63. The van der Waals surface area contributed by atoms with Gasteiger partial charge in [0.2, 0.25) is 0 Å². The molecule has 1 atom stereocenters. The third kappa shape index (κ3) is 7.95. The van der Waals surface area contributed by atoms with Gasteiger partial charge in [0.15, 0.2) is 17.5 Å². The third-order valence-electron chi connectivity index (χ3n) is 3.69. The summed E-state index contributed by atoms with van der Waals surface area (Å²) in [4.78, 5) is 4.61. The van der Waals surface area contributed by atoms with Crippen molar-refractivity contribution >= 4 is 5.96 Å². The minimum Gasteiger partial charge on any atom is -0.490 e. The second kappa shape index (κ2) is 13.3. The zero-order chi connectivity index (χ0) is 19.2. The molecule has 0 aliphatic carbocycles. The summed E-state index contributed by atoms with van der Waals surface area (Å²) in [6, 6.07) is 6.15. The quantitative estimate of drug-likeness (QED) is 0.337. The van der Waals surface area contributed by atoms with Crippen molar-refractivity contribution in [3.8, 4) is 11.5 Å². The summed E-state index contributed by atoms with van der Waals surface area (Å²) < 4.78 is 16.7. The van der Waals surface area contributed by atoms with Crippen molar-refractivity contribution in [2.45, 2.75) is 47.1 Å². The van der Waals surface area contributed by atoms with Crippen molar-refractivity contribution in [1.82, 2.24) is 10.6 Å². The van der Waals surface area contributed by atoms with Crippen molar-refractivity contribution in [2.75, 3.05) is 39.5 Å². The number of hydrogen-bond donors (Lipinski definition) is 2. The van der Waals surface area contributed by atoms with Crippen LogP contribution in [0.4, 0.5) is 0 Å². The van der Waals surface area contributed by atoms with Gasteiger partial charge in [-0.15, -0.1) is 0 Å². The fourth-order valence-corrected chi connectivity index (χ4v) is 2.45. The second-order valence-corrected chi connectivity index (χ2v) is 5.75. The van der Waals surface area contributed by atoms with Crippen LogP contribution in [-0.4, -0.2) is 45.5 Å². The van der Waals surface area contributed by atoms with Crippen LogP contribution in [0.1, 0.15) is 52.6 Å². The van der Waals surface area contributed by atoms with Crippen LogP contribution in [0.3, 0.4) is 0 Å². The molecule has 1 aromatic rings. The van der Waals surface area contributed by atoms with Crippen LogP contribution >= 0.6 is 0 Å². The molecule has 6 heteroatoms. The Labute approximate surface area is 158 Å². The number of nitrogens with zero attached hydrogens (tertiary/aromatic N) is 1. The van der Waals surface area contributed by atoms with Crippen LogP contribution in [0.25, 0.3) is 0 Å². The molecular formula is C20H35N3O3. The summed E-state index contributed by atoms with van der Waals surface area (Å²) in [6.07, 6.45) is 0.913. The number of benzene rings is 1. The maximum atomic E-state index is 5.72. The molecule has 2 N–H and O–H groups in total. The highest BCUT2D eigenvalue weighted by molar-refractivity contribution is 5.80. The lowest BCUT2D eigenvalue weighted by atomic mass is 10.1. The predicted octanol–water partition coefficient (Wildman–Crippen LogP) is 3.53. The Morgan fingerprint density at radius 1 is 1.04 bits per heavy atom. The van der Waals surface area contributed by atoms with Gasteiger partial charge >= 0.3 is 0 Å². The lowest BCUT2D eigenvalue weighted by Gasteiger charge is -2.20. The first kappa shape index (κ1) is 22.1. The van der Waals surface area contributed by atoms with E-state index in [-0.39, 0.29) is 6.04 Å². The molecule has 0 aliphatic rings. The molecule has 0 radical (unpaired) electrons. The fraction of sp³-hybridized carbons (Fsp3) is 0.650. The van der Waals surface area contributed by atoms with Crippen molar-refractivity contribution in [1.29, 1.82) is 0 Å². The van der Waals surface area contributed by atoms with Gasteiger partial charge in [-0.2, -0.15) is 0 Å². The summed E-state index contributed by atoms with van der Waals surface area (Å²) in [5, 5.41) is 6.74. The van der Waals surface area contributed by atoms with E-state index in [1.807, 2.05) is 32.9 Å². The molecule has 1 aromatic carbocycles. The molecular weight excluding hydrogens is 330 g/mol. The van der Waals surface area contributed by atoms with Crippen molar-refractivity contribution in [2.24, 2.45) is 4.99 Å². The molecule has 1 rings (SSSR count). The van der Waals surface area contributed by atoms with Crippen LogP contribution < -0.4 is 20.1 Å². The van der Waals surface area contributed by atoms with E-state index in [4.69, 9.17) is 14.2 Å². The average molecular weight is 366 g/mol. The molecule has 6 nitrogen and oxygen atoms in total. The van der Waals surface area contributed by atoms with Crippen LogP contribution in [0.15, 0.2) is 23.2 Å². The third-order valence-corrected chi connectivity index (χ3v) is 3.69. The van der Waals surface area contributed by atoms with E-state index in [1.165, 1.54) is 0 Å². The first-order valence-electron chi connectivity index (χ1n) is 9.68. The Kier molecular flexibility index (Phi) is 11.3. The first-order chi connectivity index (χ1) is 12.7. The van der Waals surface area contributed by atoms with E-state index in [2.05, 4.69) is 35.5 Å². The van der Waals surface area contributed by atoms with E-state index >= 15 is 0 Å². The smallest absolute Gasteiger partial charge is 0.191 e. The summed E-state index contributed by atoms with van der Waals surface area (Å²) in [5.41, 5.74) is 1.12. The summed E-state index contributed by atoms with van der Waals surface area (Å²) in [5.74, 6) is 2.37. The second-order valence-electron chi connectivity index (χ2n) is 5.75.